The number of carbonyl (C=O) groups excluding carboxylic acids is 3. The number of nitrogens with one attached hydrogen (secondary N) is 2. The molecule has 1 aromatic heterocycles. The summed E-state index contributed by atoms with van der Waals surface area (Å²) in [4.78, 5) is 34.8. The van der Waals surface area contributed by atoms with Crippen LogP contribution >= 0.6 is 0 Å². The van der Waals surface area contributed by atoms with E-state index in [9.17, 15) is 19.5 Å². The van der Waals surface area contributed by atoms with Crippen molar-refractivity contribution in [1.82, 2.24) is 10.9 Å². The average molecular weight is 291 g/mol. The van der Waals surface area contributed by atoms with Crippen LogP contribution in [0.4, 0.5) is 0 Å². The van der Waals surface area contributed by atoms with Crippen molar-refractivity contribution in [3.63, 3.8) is 0 Å². The van der Waals surface area contributed by atoms with Crippen molar-refractivity contribution in [2.24, 2.45) is 11.8 Å². The first-order valence-electron chi connectivity index (χ1n) is 6.51. The molecule has 0 aliphatic heterocycles. The molecule has 0 fully saturated rings. The highest BCUT2D eigenvalue weighted by Crippen LogP contribution is 2.25. The van der Waals surface area contributed by atoms with Gasteiger partial charge in [-0.3, -0.25) is 20.4 Å². The Kier molecular flexibility index (Phi) is 4.42. The van der Waals surface area contributed by atoms with Crippen molar-refractivity contribution in [1.29, 1.82) is 0 Å². The maximum atomic E-state index is 12.0. The van der Waals surface area contributed by atoms with E-state index in [1.165, 1.54) is 12.3 Å². The van der Waals surface area contributed by atoms with E-state index < -0.39 is 29.6 Å². The third kappa shape index (κ3) is 3.31. The predicted octanol–water partition coefficient (Wildman–Crippen LogP) is -0.319. The molecule has 2 rings (SSSR count). The van der Waals surface area contributed by atoms with E-state index in [-0.39, 0.29) is 6.42 Å². The second kappa shape index (κ2) is 6.25. The van der Waals surface area contributed by atoms with Crippen molar-refractivity contribution in [2.45, 2.75) is 19.8 Å². The molecular weight excluding hydrogens is 276 g/mol. The summed E-state index contributed by atoms with van der Waals surface area (Å²) < 4.78 is 4.99. The first-order chi connectivity index (χ1) is 10.0. The molecule has 2 N–H and O–H groups in total. The van der Waals surface area contributed by atoms with Gasteiger partial charge in [0, 0.05) is 11.9 Å². The zero-order chi connectivity index (χ0) is 15.4. The number of hydrazine groups is 1. The number of allylic oxidation sites excluding steroid dienone is 2. The summed E-state index contributed by atoms with van der Waals surface area (Å²) in [5.41, 5.74) is 4.80. The van der Waals surface area contributed by atoms with E-state index in [1.807, 2.05) is 0 Å². The molecule has 0 bridgehead atoms. The lowest BCUT2D eigenvalue weighted by Crippen LogP contribution is -2.49. The van der Waals surface area contributed by atoms with Gasteiger partial charge in [0.05, 0.1) is 17.7 Å². The summed E-state index contributed by atoms with van der Waals surface area (Å²) in [6, 6.07) is 1.48. The van der Waals surface area contributed by atoms with Crippen LogP contribution in [0.1, 0.15) is 29.0 Å². The molecule has 21 heavy (non-hydrogen) atoms. The summed E-state index contributed by atoms with van der Waals surface area (Å²) in [7, 11) is 0. The lowest BCUT2D eigenvalue weighted by atomic mass is 9.82. The first-order valence-corrected chi connectivity index (χ1v) is 6.51. The summed E-state index contributed by atoms with van der Waals surface area (Å²) >= 11 is 0. The number of carboxylic acid groups (broad SMARTS) is 1. The fraction of sp³-hybridized carbons (Fsp3) is 0.357. The van der Waals surface area contributed by atoms with Crippen molar-refractivity contribution < 1.29 is 23.9 Å². The SMILES string of the molecule is Cc1occc1C(=O)NNC(=O)[C@@H]1CC=CC[C@H]1C(=O)[O-]. The number of amides is 2. The summed E-state index contributed by atoms with van der Waals surface area (Å²) in [5, 5.41) is 11.0. The second-order valence-electron chi connectivity index (χ2n) is 4.81. The van der Waals surface area contributed by atoms with E-state index in [0.29, 0.717) is 17.7 Å². The fourth-order valence-electron chi connectivity index (χ4n) is 2.26. The van der Waals surface area contributed by atoms with Crippen LogP contribution in [0.15, 0.2) is 28.9 Å². The maximum Gasteiger partial charge on any atom is 0.273 e. The van der Waals surface area contributed by atoms with E-state index in [2.05, 4.69) is 10.9 Å². The minimum Gasteiger partial charge on any atom is -0.550 e. The molecule has 1 heterocycles. The molecule has 112 valence electrons. The average Bonchev–Trinajstić information content (AvgIpc) is 2.90. The molecule has 0 unspecified atom stereocenters. The number of aryl methyl sites for hydroxylation is 1. The fourth-order valence-corrected chi connectivity index (χ4v) is 2.26. The molecule has 7 nitrogen and oxygen atoms in total. The lowest BCUT2D eigenvalue weighted by molar-refractivity contribution is -0.313. The monoisotopic (exact) mass is 291 g/mol. The second-order valence-corrected chi connectivity index (χ2v) is 4.81. The Hall–Kier alpha value is -2.57. The lowest BCUT2D eigenvalue weighted by Gasteiger charge is -2.28. The Morgan fingerprint density at radius 2 is 1.86 bits per heavy atom. The molecule has 7 heteroatoms. The number of aliphatic carboxylic acids is 1. The van der Waals surface area contributed by atoms with Crippen molar-refractivity contribution in [2.75, 3.05) is 0 Å². The zero-order valence-corrected chi connectivity index (χ0v) is 11.4. The summed E-state index contributed by atoms with van der Waals surface area (Å²) in [5.74, 6) is -3.56. The summed E-state index contributed by atoms with van der Waals surface area (Å²) in [6.45, 7) is 1.62. The Balaban J connectivity index is 1.95. The molecule has 2 atom stereocenters. The number of hydrogen-bond acceptors (Lipinski definition) is 5. The molecule has 0 aromatic carbocycles. The van der Waals surface area contributed by atoms with Crippen LogP contribution < -0.4 is 16.0 Å². The smallest absolute Gasteiger partial charge is 0.273 e. The van der Waals surface area contributed by atoms with Gasteiger partial charge >= 0.3 is 0 Å². The Morgan fingerprint density at radius 1 is 1.19 bits per heavy atom. The quantitative estimate of drug-likeness (QED) is 0.585. The van der Waals surface area contributed by atoms with Crippen LogP contribution in [-0.4, -0.2) is 17.8 Å². The van der Waals surface area contributed by atoms with Crippen LogP contribution in [-0.2, 0) is 9.59 Å². The number of rotatable bonds is 3. The van der Waals surface area contributed by atoms with Crippen LogP contribution in [0.3, 0.4) is 0 Å². The maximum absolute atomic E-state index is 12.0. The van der Waals surface area contributed by atoms with Gasteiger partial charge in [-0.15, -0.1) is 0 Å². The minimum atomic E-state index is -1.27. The van der Waals surface area contributed by atoms with Crippen LogP contribution in [0.25, 0.3) is 0 Å². The molecule has 0 spiro atoms. The highest BCUT2D eigenvalue weighted by molar-refractivity contribution is 5.96. The standard InChI is InChI=1S/C14H16N2O5/c1-8-9(6-7-21-8)12(17)15-16-13(18)10-4-2-3-5-11(10)14(19)20/h2-3,6-7,10-11H,4-5H2,1H3,(H,15,17)(H,16,18)(H,19,20)/p-1/t10-,11-/m1/s1. The van der Waals surface area contributed by atoms with Crippen molar-refractivity contribution in [3.05, 3.63) is 35.8 Å². The van der Waals surface area contributed by atoms with Gasteiger partial charge < -0.3 is 14.3 Å². The number of carboxylic acids is 1. The highest BCUT2D eigenvalue weighted by Gasteiger charge is 2.30. The normalized spacial score (nSPS) is 20.8. The molecule has 1 aromatic rings. The first kappa shape index (κ1) is 14.8. The molecule has 0 saturated heterocycles. The number of hydrogen-bond donors (Lipinski definition) is 2. The van der Waals surface area contributed by atoms with Crippen molar-refractivity contribution in [3.8, 4) is 0 Å². The largest absolute Gasteiger partial charge is 0.550 e. The van der Waals surface area contributed by atoms with E-state index in [1.54, 1.807) is 19.1 Å². The van der Waals surface area contributed by atoms with Gasteiger partial charge in [-0.25, -0.2) is 0 Å². The third-order valence-electron chi connectivity index (χ3n) is 3.47. The van der Waals surface area contributed by atoms with Crippen LogP contribution in [0.2, 0.25) is 0 Å². The molecule has 1 aliphatic rings. The van der Waals surface area contributed by atoms with Gasteiger partial charge in [-0.2, -0.15) is 0 Å². The molecule has 0 saturated carbocycles. The minimum absolute atomic E-state index is 0.245. The zero-order valence-electron chi connectivity index (χ0n) is 11.4. The van der Waals surface area contributed by atoms with Crippen LogP contribution in [0, 0.1) is 18.8 Å². The van der Waals surface area contributed by atoms with E-state index in [0.717, 1.165) is 0 Å². The highest BCUT2D eigenvalue weighted by atomic mass is 16.4. The van der Waals surface area contributed by atoms with Crippen molar-refractivity contribution >= 4 is 17.8 Å². The van der Waals surface area contributed by atoms with Gasteiger partial charge in [0.2, 0.25) is 5.91 Å². The number of furan rings is 1. The van der Waals surface area contributed by atoms with Gasteiger partial charge in [0.1, 0.15) is 5.76 Å². The topological polar surface area (TPSA) is 111 Å². The van der Waals surface area contributed by atoms with Gasteiger partial charge in [-0.1, -0.05) is 12.2 Å². The van der Waals surface area contributed by atoms with E-state index >= 15 is 0 Å². The van der Waals surface area contributed by atoms with Gasteiger partial charge in [-0.05, 0) is 25.8 Å². The van der Waals surface area contributed by atoms with Gasteiger partial charge in [0.15, 0.2) is 0 Å². The Labute approximate surface area is 121 Å². The molecular formula is C14H15N2O5-. The molecule has 2 amide bonds. The Morgan fingerprint density at radius 3 is 2.43 bits per heavy atom. The Bertz CT molecular complexity index is 590. The predicted molar refractivity (Wildman–Crippen MR) is 69.4 cm³/mol. The van der Waals surface area contributed by atoms with Gasteiger partial charge in [0.25, 0.3) is 5.91 Å². The number of carbonyl (C=O) groups is 3. The molecule has 1 aliphatic carbocycles. The van der Waals surface area contributed by atoms with Crippen LogP contribution in [0.5, 0.6) is 0 Å². The molecule has 0 radical (unpaired) electrons. The summed E-state index contributed by atoms with van der Waals surface area (Å²) in [6.07, 6.45) is 5.35. The van der Waals surface area contributed by atoms with E-state index in [4.69, 9.17) is 4.42 Å². The third-order valence-corrected chi connectivity index (χ3v) is 3.47.